The van der Waals surface area contributed by atoms with Gasteiger partial charge < -0.3 is 39.7 Å². The van der Waals surface area contributed by atoms with Crippen molar-refractivity contribution in [1.82, 2.24) is 0 Å². The van der Waals surface area contributed by atoms with Crippen LogP contribution in [0.3, 0.4) is 0 Å². The minimum atomic E-state index is -3.97. The van der Waals surface area contributed by atoms with Gasteiger partial charge in [-0.1, -0.05) is 0 Å². The standard InChI is InChI=1S/C11H22F2O8/c12-11(13,18)7-20-6-10(21-4-9(17)2-15)5-19-3-8(16)1-14/h8-10,14-18H,1-7H2. The summed E-state index contributed by atoms with van der Waals surface area (Å²) in [6, 6.07) is 0. The summed E-state index contributed by atoms with van der Waals surface area (Å²) in [6.07, 6.45) is -7.06. The molecule has 0 spiro atoms. The summed E-state index contributed by atoms with van der Waals surface area (Å²) in [6.45, 7) is -3.25. The number of hydrogen-bond acceptors (Lipinski definition) is 8. The molecule has 0 aliphatic rings. The highest BCUT2D eigenvalue weighted by Gasteiger charge is 2.25. The normalized spacial score (nSPS) is 16.7. The van der Waals surface area contributed by atoms with Crippen molar-refractivity contribution in [2.24, 2.45) is 0 Å². The van der Waals surface area contributed by atoms with Crippen molar-refractivity contribution in [2.75, 3.05) is 46.2 Å². The van der Waals surface area contributed by atoms with Crippen LogP contribution in [0.15, 0.2) is 0 Å². The lowest BCUT2D eigenvalue weighted by Crippen LogP contribution is -2.34. The average Bonchev–Trinajstić information content (AvgIpc) is 2.42. The van der Waals surface area contributed by atoms with Gasteiger partial charge in [-0.3, -0.25) is 0 Å². The van der Waals surface area contributed by atoms with E-state index in [9.17, 15) is 8.78 Å². The molecule has 8 nitrogen and oxygen atoms in total. The van der Waals surface area contributed by atoms with Crippen LogP contribution in [0.2, 0.25) is 0 Å². The Morgan fingerprint density at radius 2 is 1.38 bits per heavy atom. The second-order valence-corrected chi connectivity index (χ2v) is 4.35. The largest absolute Gasteiger partial charge is 0.394 e. The predicted molar refractivity (Wildman–Crippen MR) is 64.7 cm³/mol. The zero-order chi connectivity index (χ0) is 16.3. The van der Waals surface area contributed by atoms with Crippen LogP contribution in [0, 0.1) is 0 Å². The van der Waals surface area contributed by atoms with Crippen LogP contribution in [0.1, 0.15) is 0 Å². The minimum Gasteiger partial charge on any atom is -0.394 e. The predicted octanol–water partition coefficient (Wildman–Crippen LogP) is -2.30. The molecule has 0 radical (unpaired) electrons. The van der Waals surface area contributed by atoms with E-state index in [-0.39, 0.29) is 26.4 Å². The van der Waals surface area contributed by atoms with E-state index in [0.29, 0.717) is 0 Å². The van der Waals surface area contributed by atoms with Crippen molar-refractivity contribution in [3.8, 4) is 0 Å². The molecule has 0 saturated heterocycles. The summed E-state index contributed by atoms with van der Waals surface area (Å²) < 4.78 is 39.0. The first-order valence-electron chi connectivity index (χ1n) is 6.23. The van der Waals surface area contributed by atoms with Gasteiger partial charge in [-0.25, -0.2) is 0 Å². The molecule has 3 atom stereocenters. The lowest BCUT2D eigenvalue weighted by Gasteiger charge is -2.21. The molecule has 0 aromatic rings. The van der Waals surface area contributed by atoms with E-state index in [2.05, 4.69) is 4.74 Å². The van der Waals surface area contributed by atoms with Crippen LogP contribution >= 0.6 is 0 Å². The van der Waals surface area contributed by atoms with Gasteiger partial charge in [-0.15, -0.1) is 0 Å². The highest BCUT2D eigenvalue weighted by Crippen LogP contribution is 2.08. The van der Waals surface area contributed by atoms with Crippen LogP contribution in [0.4, 0.5) is 8.78 Å². The molecule has 5 N–H and O–H groups in total. The lowest BCUT2D eigenvalue weighted by atomic mass is 10.3. The lowest BCUT2D eigenvalue weighted by molar-refractivity contribution is -0.236. The van der Waals surface area contributed by atoms with Gasteiger partial charge in [0.25, 0.3) is 0 Å². The van der Waals surface area contributed by atoms with Crippen LogP contribution in [0.25, 0.3) is 0 Å². The molecule has 0 aromatic carbocycles. The Hall–Kier alpha value is -0.460. The number of aliphatic hydroxyl groups excluding tert-OH is 4. The molecule has 128 valence electrons. The molecule has 3 unspecified atom stereocenters. The number of ether oxygens (including phenoxy) is 3. The monoisotopic (exact) mass is 320 g/mol. The number of aliphatic hydroxyl groups is 5. The molecule has 0 fully saturated rings. The Morgan fingerprint density at radius 1 is 0.857 bits per heavy atom. The maximum absolute atomic E-state index is 12.2. The molecule has 0 aliphatic carbocycles. The van der Waals surface area contributed by atoms with Crippen molar-refractivity contribution in [1.29, 1.82) is 0 Å². The molecule has 0 amide bonds. The van der Waals surface area contributed by atoms with Crippen LogP contribution in [-0.4, -0.2) is 96.2 Å². The third-order valence-corrected chi connectivity index (χ3v) is 2.14. The Bertz CT molecular complexity index is 251. The fourth-order valence-electron chi connectivity index (χ4n) is 1.15. The summed E-state index contributed by atoms with van der Waals surface area (Å²) in [5.41, 5.74) is 0. The molecule has 0 aliphatic heterocycles. The van der Waals surface area contributed by atoms with Crippen molar-refractivity contribution < 1.29 is 48.5 Å². The van der Waals surface area contributed by atoms with E-state index in [4.69, 9.17) is 35.0 Å². The van der Waals surface area contributed by atoms with Gasteiger partial charge in [0.1, 0.15) is 24.9 Å². The van der Waals surface area contributed by atoms with Crippen molar-refractivity contribution in [3.63, 3.8) is 0 Å². The third-order valence-electron chi connectivity index (χ3n) is 2.14. The zero-order valence-corrected chi connectivity index (χ0v) is 11.4. The summed E-state index contributed by atoms with van der Waals surface area (Å²) in [7, 11) is 0. The van der Waals surface area contributed by atoms with E-state index in [1.165, 1.54) is 0 Å². The van der Waals surface area contributed by atoms with Gasteiger partial charge in [0, 0.05) is 0 Å². The van der Waals surface area contributed by atoms with Crippen LogP contribution in [0.5, 0.6) is 0 Å². The highest BCUT2D eigenvalue weighted by molar-refractivity contribution is 4.61. The van der Waals surface area contributed by atoms with Crippen LogP contribution < -0.4 is 0 Å². The van der Waals surface area contributed by atoms with E-state index in [1.54, 1.807) is 0 Å². The molecule has 0 saturated carbocycles. The third kappa shape index (κ3) is 13.0. The summed E-state index contributed by atoms with van der Waals surface area (Å²) in [4.78, 5) is 0. The average molecular weight is 320 g/mol. The fraction of sp³-hybridized carbons (Fsp3) is 1.00. The first-order valence-corrected chi connectivity index (χ1v) is 6.23. The molecule has 0 bridgehead atoms. The number of alkyl halides is 2. The first-order chi connectivity index (χ1) is 9.78. The molecule has 21 heavy (non-hydrogen) atoms. The van der Waals surface area contributed by atoms with E-state index < -0.39 is 44.2 Å². The maximum Gasteiger partial charge on any atom is 0.376 e. The number of hydrogen-bond donors (Lipinski definition) is 5. The smallest absolute Gasteiger partial charge is 0.376 e. The SMILES string of the molecule is OCC(O)COCC(COCC(O)(F)F)OCC(O)CO. The van der Waals surface area contributed by atoms with Gasteiger partial charge in [0.15, 0.2) is 0 Å². The van der Waals surface area contributed by atoms with Gasteiger partial charge in [0.05, 0.1) is 39.6 Å². The number of rotatable bonds is 13. The van der Waals surface area contributed by atoms with Crippen molar-refractivity contribution in [3.05, 3.63) is 0 Å². The van der Waals surface area contributed by atoms with Crippen molar-refractivity contribution >= 4 is 0 Å². The Morgan fingerprint density at radius 3 is 1.90 bits per heavy atom. The van der Waals surface area contributed by atoms with E-state index in [0.717, 1.165) is 0 Å². The second-order valence-electron chi connectivity index (χ2n) is 4.35. The molecule has 0 rings (SSSR count). The summed E-state index contributed by atoms with van der Waals surface area (Å²) >= 11 is 0. The summed E-state index contributed by atoms with van der Waals surface area (Å²) in [5, 5.41) is 43.6. The van der Waals surface area contributed by atoms with E-state index in [1.807, 2.05) is 0 Å². The molecule has 10 heteroatoms. The topological polar surface area (TPSA) is 129 Å². The quantitative estimate of drug-likeness (QED) is 0.256. The van der Waals surface area contributed by atoms with Crippen LogP contribution in [-0.2, 0) is 14.2 Å². The molecule has 0 aromatic heterocycles. The Balaban J connectivity index is 4.08. The number of halogens is 2. The van der Waals surface area contributed by atoms with Gasteiger partial charge in [0.2, 0.25) is 0 Å². The molecule has 0 heterocycles. The first kappa shape index (κ1) is 20.5. The maximum atomic E-state index is 12.2. The fourth-order valence-corrected chi connectivity index (χ4v) is 1.15. The Kier molecular flexibility index (Phi) is 10.9. The van der Waals surface area contributed by atoms with Gasteiger partial charge in [-0.2, -0.15) is 8.78 Å². The van der Waals surface area contributed by atoms with E-state index >= 15 is 0 Å². The second kappa shape index (κ2) is 11.2. The summed E-state index contributed by atoms with van der Waals surface area (Å²) in [5.74, 6) is 0. The Labute approximate surface area is 120 Å². The minimum absolute atomic E-state index is 0.161. The van der Waals surface area contributed by atoms with Gasteiger partial charge in [-0.05, 0) is 0 Å². The molecular formula is C11H22F2O8. The highest BCUT2D eigenvalue weighted by atomic mass is 19.3. The zero-order valence-electron chi connectivity index (χ0n) is 11.4. The van der Waals surface area contributed by atoms with Crippen molar-refractivity contribution in [2.45, 2.75) is 24.4 Å². The molecular weight excluding hydrogens is 298 g/mol. The van der Waals surface area contributed by atoms with Gasteiger partial charge >= 0.3 is 6.11 Å².